The van der Waals surface area contributed by atoms with Gasteiger partial charge in [-0.15, -0.1) is 0 Å². The fourth-order valence-electron chi connectivity index (χ4n) is 5.27. The van der Waals surface area contributed by atoms with Gasteiger partial charge in [0.2, 0.25) is 0 Å². The number of aromatic nitrogens is 1. The highest BCUT2D eigenvalue weighted by Gasteiger charge is 2.39. The lowest BCUT2D eigenvalue weighted by Gasteiger charge is -2.42. The Morgan fingerprint density at radius 3 is 2.89 bits per heavy atom. The molecular formula is C22H29N3O2. The first-order chi connectivity index (χ1) is 13.1. The van der Waals surface area contributed by atoms with Crippen molar-refractivity contribution in [3.05, 3.63) is 35.5 Å². The summed E-state index contributed by atoms with van der Waals surface area (Å²) < 4.78 is 5.97. The monoisotopic (exact) mass is 367 g/mol. The molecule has 2 N–H and O–H groups in total. The molecule has 5 heteroatoms. The van der Waals surface area contributed by atoms with Crippen LogP contribution >= 0.6 is 0 Å². The molecule has 0 unspecified atom stereocenters. The molecule has 1 aromatic heterocycles. The van der Waals surface area contributed by atoms with Gasteiger partial charge in [-0.05, 0) is 55.1 Å². The van der Waals surface area contributed by atoms with Crippen molar-refractivity contribution in [1.82, 2.24) is 9.88 Å². The highest BCUT2D eigenvalue weighted by Crippen LogP contribution is 2.43. The first-order valence-corrected chi connectivity index (χ1v) is 10.1. The number of ether oxygens (including phenoxy) is 1. The van der Waals surface area contributed by atoms with E-state index >= 15 is 0 Å². The Morgan fingerprint density at radius 2 is 2.11 bits per heavy atom. The zero-order valence-corrected chi connectivity index (χ0v) is 16.2. The molecule has 0 radical (unpaired) electrons. The van der Waals surface area contributed by atoms with E-state index in [-0.39, 0.29) is 18.1 Å². The fourth-order valence-corrected chi connectivity index (χ4v) is 5.27. The molecule has 2 heterocycles. The summed E-state index contributed by atoms with van der Waals surface area (Å²) in [6, 6.07) is 8.36. The van der Waals surface area contributed by atoms with E-state index in [2.05, 4.69) is 36.3 Å². The topological polar surface area (TPSA) is 72.3 Å². The van der Waals surface area contributed by atoms with E-state index in [1.807, 2.05) is 11.0 Å². The predicted octanol–water partition coefficient (Wildman–Crippen LogP) is 3.61. The number of aliphatic hydroxyl groups excluding tert-OH is 1. The smallest absolute Gasteiger partial charge is 0.179 e. The van der Waals surface area contributed by atoms with E-state index in [1.165, 1.54) is 10.9 Å². The Balaban J connectivity index is 1.78. The molecular weight excluding hydrogens is 338 g/mol. The molecule has 5 nitrogen and oxygen atoms in total. The van der Waals surface area contributed by atoms with E-state index in [9.17, 15) is 10.4 Å². The van der Waals surface area contributed by atoms with Crippen LogP contribution in [0.15, 0.2) is 24.3 Å². The van der Waals surface area contributed by atoms with E-state index < -0.39 is 0 Å². The predicted molar refractivity (Wildman–Crippen MR) is 105 cm³/mol. The average Bonchev–Trinajstić information content (AvgIpc) is 3.06. The number of aromatic amines is 1. The Bertz CT molecular complexity index is 840. The molecule has 0 amide bonds. The minimum atomic E-state index is -0.260. The molecule has 1 saturated carbocycles. The van der Waals surface area contributed by atoms with E-state index in [1.54, 1.807) is 7.11 Å². The van der Waals surface area contributed by atoms with Gasteiger partial charge in [-0.2, -0.15) is 5.26 Å². The van der Waals surface area contributed by atoms with E-state index in [0.717, 1.165) is 50.0 Å². The van der Waals surface area contributed by atoms with Crippen LogP contribution in [0.2, 0.25) is 0 Å². The third-order valence-electron chi connectivity index (χ3n) is 6.89. The lowest BCUT2D eigenvalue weighted by molar-refractivity contribution is -0.0263. The molecule has 0 saturated heterocycles. The third-order valence-corrected chi connectivity index (χ3v) is 6.89. The SMILES string of the molecule is CO[C@@H]1C[C@H]2[C@@H](CC[C@H](O)[C@@H]2C)CN(C#N)CCc2c1[nH]c1ccccc21. The van der Waals surface area contributed by atoms with Crippen LogP contribution in [0, 0.1) is 29.2 Å². The van der Waals surface area contributed by atoms with Crippen molar-refractivity contribution >= 4 is 10.9 Å². The Labute approximate surface area is 160 Å². The number of hydrogen-bond acceptors (Lipinski definition) is 4. The van der Waals surface area contributed by atoms with E-state index in [0.29, 0.717) is 11.8 Å². The van der Waals surface area contributed by atoms with Crippen LogP contribution in [0.25, 0.3) is 10.9 Å². The number of para-hydroxylation sites is 1. The van der Waals surface area contributed by atoms with Crippen molar-refractivity contribution in [2.45, 2.75) is 44.8 Å². The summed E-state index contributed by atoms with van der Waals surface area (Å²) in [5, 5.41) is 21.4. The van der Waals surface area contributed by atoms with Crippen molar-refractivity contribution < 1.29 is 9.84 Å². The van der Waals surface area contributed by atoms with Gasteiger partial charge in [-0.1, -0.05) is 25.1 Å². The first-order valence-electron chi connectivity index (χ1n) is 10.1. The molecule has 0 bridgehead atoms. The highest BCUT2D eigenvalue weighted by molar-refractivity contribution is 5.84. The summed E-state index contributed by atoms with van der Waals surface area (Å²) in [5.74, 6) is 0.979. The fraction of sp³-hybridized carbons (Fsp3) is 0.591. The molecule has 1 aliphatic carbocycles. The number of fused-ring (bicyclic) bond motifs is 4. The van der Waals surface area contributed by atoms with Crippen molar-refractivity contribution in [3.8, 4) is 6.19 Å². The summed E-state index contributed by atoms with van der Waals surface area (Å²) >= 11 is 0. The molecule has 1 fully saturated rings. The molecule has 5 atom stereocenters. The second-order valence-electron chi connectivity index (χ2n) is 8.25. The molecule has 2 aliphatic rings. The second-order valence-corrected chi connectivity index (χ2v) is 8.25. The number of nitrogens with one attached hydrogen (secondary N) is 1. The molecule has 1 aliphatic heterocycles. The minimum Gasteiger partial charge on any atom is -0.393 e. The lowest BCUT2D eigenvalue weighted by atomic mass is 9.68. The summed E-state index contributed by atoms with van der Waals surface area (Å²) in [6.45, 7) is 3.66. The average molecular weight is 367 g/mol. The summed E-state index contributed by atoms with van der Waals surface area (Å²) in [5.41, 5.74) is 3.53. The number of rotatable bonds is 1. The van der Waals surface area contributed by atoms with Crippen molar-refractivity contribution in [3.63, 3.8) is 0 Å². The standard InChI is InChI=1S/C22H29N3O2/c1-14-18-11-21(27-2)22-17(16-5-3-4-6-19(16)24-22)9-10-25(13-23)12-15(18)7-8-20(14)26/h3-6,14-15,18,20-21,24,26H,7-12H2,1-2H3/t14-,15+,18-,20+,21-/m1/s1. The van der Waals surface area contributed by atoms with Gasteiger partial charge < -0.3 is 19.7 Å². The Hall–Kier alpha value is -2.03. The van der Waals surface area contributed by atoms with E-state index in [4.69, 9.17) is 4.74 Å². The van der Waals surface area contributed by atoms with Crippen molar-refractivity contribution in [1.29, 1.82) is 5.26 Å². The largest absolute Gasteiger partial charge is 0.393 e. The lowest BCUT2D eigenvalue weighted by Crippen LogP contribution is -2.42. The number of aliphatic hydroxyl groups is 1. The molecule has 0 spiro atoms. The van der Waals surface area contributed by atoms with Gasteiger partial charge in [0.05, 0.1) is 12.2 Å². The molecule has 2 aromatic rings. The van der Waals surface area contributed by atoms with Gasteiger partial charge >= 0.3 is 0 Å². The Kier molecular flexibility index (Phi) is 5.12. The molecule has 1 aromatic carbocycles. The zero-order chi connectivity index (χ0) is 19.0. The number of nitriles is 1. The highest BCUT2D eigenvalue weighted by atomic mass is 16.5. The number of methoxy groups -OCH3 is 1. The Morgan fingerprint density at radius 1 is 1.30 bits per heavy atom. The van der Waals surface area contributed by atoms with Crippen LogP contribution in [0.4, 0.5) is 0 Å². The van der Waals surface area contributed by atoms with Crippen LogP contribution in [0.3, 0.4) is 0 Å². The summed E-state index contributed by atoms with van der Waals surface area (Å²) in [7, 11) is 1.78. The van der Waals surface area contributed by atoms with Gasteiger partial charge in [0, 0.05) is 36.8 Å². The minimum absolute atomic E-state index is 0.0127. The normalized spacial score (nSPS) is 31.8. The number of nitrogens with zero attached hydrogens (tertiary/aromatic N) is 2. The van der Waals surface area contributed by atoms with Crippen LogP contribution < -0.4 is 0 Å². The third kappa shape index (κ3) is 3.33. The first kappa shape index (κ1) is 18.3. The van der Waals surface area contributed by atoms with Crippen LogP contribution in [0.5, 0.6) is 0 Å². The maximum Gasteiger partial charge on any atom is 0.179 e. The maximum absolute atomic E-state index is 10.5. The molecule has 27 heavy (non-hydrogen) atoms. The van der Waals surface area contributed by atoms with Crippen LogP contribution in [0.1, 0.15) is 43.5 Å². The van der Waals surface area contributed by atoms with Crippen molar-refractivity contribution in [2.24, 2.45) is 17.8 Å². The zero-order valence-electron chi connectivity index (χ0n) is 16.2. The number of hydrogen-bond donors (Lipinski definition) is 2. The van der Waals surface area contributed by atoms with Crippen molar-refractivity contribution in [2.75, 3.05) is 20.2 Å². The number of benzene rings is 1. The van der Waals surface area contributed by atoms with Crippen LogP contribution in [-0.2, 0) is 11.2 Å². The van der Waals surface area contributed by atoms with Gasteiger partial charge in [-0.25, -0.2) is 0 Å². The van der Waals surface area contributed by atoms with Gasteiger partial charge in [-0.3, -0.25) is 0 Å². The summed E-state index contributed by atoms with van der Waals surface area (Å²) in [4.78, 5) is 5.52. The second kappa shape index (κ2) is 7.53. The molecule has 144 valence electrons. The summed E-state index contributed by atoms with van der Waals surface area (Å²) in [6.07, 6.45) is 5.65. The molecule has 4 rings (SSSR count). The number of H-pyrrole nitrogens is 1. The maximum atomic E-state index is 10.5. The van der Waals surface area contributed by atoms with Gasteiger partial charge in [0.15, 0.2) is 6.19 Å². The van der Waals surface area contributed by atoms with Gasteiger partial charge in [0.1, 0.15) is 0 Å². The quantitative estimate of drug-likeness (QED) is 0.755. The van der Waals surface area contributed by atoms with Crippen LogP contribution in [-0.4, -0.2) is 41.3 Å². The van der Waals surface area contributed by atoms with Gasteiger partial charge in [0.25, 0.3) is 0 Å².